The highest BCUT2D eigenvalue weighted by Crippen LogP contribution is 2.15. The second kappa shape index (κ2) is 8.79. The fourth-order valence-electron chi connectivity index (χ4n) is 1.91. The summed E-state index contributed by atoms with van der Waals surface area (Å²) in [5, 5.41) is 4.22. The van der Waals surface area contributed by atoms with Gasteiger partial charge in [0.2, 0.25) is 0 Å². The van der Waals surface area contributed by atoms with Crippen LogP contribution < -0.4 is 27.2 Å². The second-order valence-corrected chi connectivity index (χ2v) is 6.97. The quantitative estimate of drug-likeness (QED) is 0.406. The van der Waals surface area contributed by atoms with Crippen LogP contribution in [0.2, 0.25) is 0 Å². The van der Waals surface area contributed by atoms with Gasteiger partial charge in [-0.2, -0.15) is 0 Å². The van der Waals surface area contributed by atoms with Crippen molar-refractivity contribution in [3.63, 3.8) is 0 Å². The third kappa shape index (κ3) is 7.86. The lowest BCUT2D eigenvalue weighted by molar-refractivity contribution is -2.00. The van der Waals surface area contributed by atoms with Gasteiger partial charge in [0.15, 0.2) is 0 Å². The summed E-state index contributed by atoms with van der Waals surface area (Å²) in [5.41, 5.74) is 0. The van der Waals surface area contributed by atoms with Crippen molar-refractivity contribution in [1.82, 2.24) is 4.58 Å². The van der Waals surface area contributed by atoms with Crippen molar-refractivity contribution in [2.75, 3.05) is 19.7 Å². The second-order valence-electron chi connectivity index (χ2n) is 4.17. The molecule has 1 aromatic rings. The molecule has 0 radical (unpaired) electrons. The smallest absolute Gasteiger partial charge is 0.313 e. The number of carbonyl (C=O) groups is 1. The van der Waals surface area contributed by atoms with Crippen LogP contribution in [0.5, 0.6) is 0 Å². The number of carbonyl (C=O) groups excluding carboxylic acids is 1. The molecule has 0 unspecified atom stereocenters. The first-order chi connectivity index (χ1) is 9.81. The Morgan fingerprint density at radius 2 is 1.76 bits per heavy atom. The molecule has 0 saturated carbocycles. The Morgan fingerprint density at radius 1 is 1.29 bits per heavy atom. The molecule has 0 amide bonds. The Hall–Kier alpha value is -0.550. The van der Waals surface area contributed by atoms with Crippen molar-refractivity contribution in [2.45, 2.75) is 19.8 Å². The average Bonchev–Trinajstić information content (AvgIpc) is 2.91. The van der Waals surface area contributed by atoms with Crippen LogP contribution in [0.15, 0.2) is 10.8 Å². The number of rotatable bonds is 2. The molecule has 2 rings (SSSR count). The van der Waals surface area contributed by atoms with E-state index >= 15 is 0 Å². The van der Waals surface area contributed by atoms with Gasteiger partial charge >= 0.3 is 9.95 Å². The monoisotopic (exact) mass is 357 g/mol. The third-order valence-corrected chi connectivity index (χ3v) is 4.98. The Balaban J connectivity index is 0.000000383. The predicted molar refractivity (Wildman–Crippen MR) is 66.6 cm³/mol. The topological polar surface area (TPSA) is 122 Å². The van der Waals surface area contributed by atoms with E-state index in [1.807, 2.05) is 6.92 Å². The van der Waals surface area contributed by atoms with Gasteiger partial charge in [0.05, 0.1) is 12.5 Å². The molecule has 1 saturated heterocycles. The van der Waals surface area contributed by atoms with Crippen LogP contribution >= 0.6 is 22.7 Å². The molecule has 0 atom stereocenters. The zero-order chi connectivity index (χ0) is 15.9. The van der Waals surface area contributed by atoms with Crippen molar-refractivity contribution in [3.05, 3.63) is 14.7 Å². The van der Waals surface area contributed by atoms with Crippen LogP contribution in [0.25, 0.3) is 0 Å². The molecule has 0 bridgehead atoms. The lowest BCUT2D eigenvalue weighted by Crippen LogP contribution is -2.68. The molecule has 1 aliphatic rings. The third-order valence-electron chi connectivity index (χ3n) is 2.77. The lowest BCUT2D eigenvalue weighted by atomic mass is 9.98. The van der Waals surface area contributed by atoms with Crippen molar-refractivity contribution in [3.8, 4) is 0 Å². The maximum absolute atomic E-state index is 11.6. The van der Waals surface area contributed by atoms with E-state index in [1.54, 1.807) is 22.7 Å². The lowest BCUT2D eigenvalue weighted by Gasteiger charge is -2.18. The Bertz CT molecular complexity index is 477. The molecular formula is C11H16ClNO6S2. The van der Waals surface area contributed by atoms with Gasteiger partial charge in [0, 0.05) is 23.6 Å². The molecular weight excluding hydrogens is 342 g/mol. The van der Waals surface area contributed by atoms with E-state index in [0.29, 0.717) is 6.61 Å². The molecule has 1 fully saturated rings. The molecule has 21 heavy (non-hydrogen) atoms. The first-order valence-corrected chi connectivity index (χ1v) is 9.19. The van der Waals surface area contributed by atoms with Gasteiger partial charge in [0.25, 0.3) is 0 Å². The summed E-state index contributed by atoms with van der Waals surface area (Å²) in [6.45, 7) is 4.30. The van der Waals surface area contributed by atoms with E-state index in [1.165, 1.54) is 3.98 Å². The number of hydrogen-bond acceptors (Lipinski definition) is 8. The van der Waals surface area contributed by atoms with Crippen LogP contribution in [-0.2, 0) is 9.53 Å². The number of halogens is 1. The van der Waals surface area contributed by atoms with Crippen LogP contribution in [0.3, 0.4) is 0 Å². The Kier molecular flexibility index (Phi) is 7.74. The molecule has 0 aliphatic carbocycles. The summed E-state index contributed by atoms with van der Waals surface area (Å²) in [4.78, 5) is 11.6. The Labute approximate surface area is 132 Å². The molecule has 10 heteroatoms. The SMILES string of the molecule is CCOC(=O)C1CC[N+](=c2sccs2)CC1.[O-][Cl+3]([O-])([O-])[O-]. The summed E-state index contributed by atoms with van der Waals surface area (Å²) in [7, 11) is -4.94. The number of piperidine rings is 1. The van der Waals surface area contributed by atoms with Crippen molar-refractivity contribution >= 4 is 28.6 Å². The van der Waals surface area contributed by atoms with Crippen LogP contribution in [-0.4, -0.2) is 25.7 Å². The van der Waals surface area contributed by atoms with Gasteiger partial charge in [0.1, 0.15) is 13.1 Å². The first-order valence-electron chi connectivity index (χ1n) is 6.20. The Morgan fingerprint density at radius 3 is 2.19 bits per heavy atom. The highest BCUT2D eigenvalue weighted by Gasteiger charge is 2.28. The first kappa shape index (κ1) is 18.5. The van der Waals surface area contributed by atoms with E-state index in [0.717, 1.165) is 25.9 Å². The van der Waals surface area contributed by atoms with E-state index < -0.39 is 10.2 Å². The minimum absolute atomic E-state index is 0.0167. The molecule has 2 heterocycles. The highest BCUT2D eigenvalue weighted by molar-refractivity contribution is 7.24. The number of nitrogens with zero attached hydrogens (tertiary/aromatic N) is 1. The summed E-state index contributed by atoms with van der Waals surface area (Å²) in [6.07, 6.45) is 1.84. The standard InChI is InChI=1S/C11H16NO2S2.ClHO4/c1-2-14-10(13)9-3-5-12(6-4-9)11-15-7-8-16-11;2-1(3,4)5/h7-9H,2-6H2,1H3;(H,2,3,4,5)/q+1;/p-1. The van der Waals surface area contributed by atoms with Crippen LogP contribution in [0, 0.1) is 16.2 Å². The van der Waals surface area contributed by atoms with Crippen molar-refractivity contribution in [1.29, 1.82) is 0 Å². The van der Waals surface area contributed by atoms with E-state index in [2.05, 4.69) is 15.3 Å². The van der Waals surface area contributed by atoms with Crippen molar-refractivity contribution < 1.29 is 38.4 Å². The number of esters is 1. The normalized spacial score (nSPS) is 18.7. The fraction of sp³-hybridized carbons (Fsp3) is 0.636. The van der Waals surface area contributed by atoms with E-state index in [9.17, 15) is 4.79 Å². The molecule has 1 aromatic heterocycles. The van der Waals surface area contributed by atoms with Crippen LogP contribution in [0.4, 0.5) is 0 Å². The average molecular weight is 358 g/mol. The van der Waals surface area contributed by atoms with Gasteiger partial charge in [-0.1, -0.05) is 22.7 Å². The largest absolute Gasteiger partial charge is 0.466 e. The van der Waals surface area contributed by atoms with Gasteiger partial charge in [-0.05, 0) is 6.92 Å². The summed E-state index contributed by atoms with van der Waals surface area (Å²) < 4.78 is 42.7. The molecule has 120 valence electrons. The summed E-state index contributed by atoms with van der Waals surface area (Å²) >= 11 is 3.56. The highest BCUT2D eigenvalue weighted by atomic mass is 35.7. The van der Waals surface area contributed by atoms with Gasteiger partial charge in [-0.25, -0.2) is 23.2 Å². The minimum atomic E-state index is -4.94. The molecule has 0 aromatic carbocycles. The van der Waals surface area contributed by atoms with Crippen LogP contribution in [0.1, 0.15) is 19.8 Å². The molecule has 1 aliphatic heterocycles. The maximum Gasteiger partial charge on any atom is 0.313 e. The van der Waals surface area contributed by atoms with Gasteiger partial charge in [-0.15, -0.1) is 10.2 Å². The zero-order valence-electron chi connectivity index (χ0n) is 11.4. The van der Waals surface area contributed by atoms with E-state index in [4.69, 9.17) is 23.4 Å². The predicted octanol–water partition coefficient (Wildman–Crippen LogP) is -3.20. The molecule has 0 spiro atoms. The van der Waals surface area contributed by atoms with Crippen molar-refractivity contribution in [2.24, 2.45) is 5.92 Å². The maximum atomic E-state index is 11.6. The number of hydrogen-bond donors (Lipinski definition) is 0. The number of ether oxygens (including phenoxy) is 1. The molecule has 7 nitrogen and oxygen atoms in total. The zero-order valence-corrected chi connectivity index (χ0v) is 13.7. The fourth-order valence-corrected chi connectivity index (χ4v) is 3.80. The van der Waals surface area contributed by atoms with Gasteiger partial charge in [-0.3, -0.25) is 4.79 Å². The molecule has 0 N–H and O–H groups in total. The summed E-state index contributed by atoms with van der Waals surface area (Å²) in [5.74, 6) is 0.0955. The van der Waals surface area contributed by atoms with E-state index in [-0.39, 0.29) is 11.9 Å². The minimum Gasteiger partial charge on any atom is -0.466 e. The summed E-state index contributed by atoms with van der Waals surface area (Å²) in [6, 6.07) is 0. The van der Waals surface area contributed by atoms with Gasteiger partial charge < -0.3 is 4.74 Å².